The Labute approximate surface area is 175 Å². The van der Waals surface area contributed by atoms with Gasteiger partial charge in [0.1, 0.15) is 9.28 Å². The fourth-order valence-electron chi connectivity index (χ4n) is 2.76. The van der Waals surface area contributed by atoms with Crippen LogP contribution in [0.15, 0.2) is 48.5 Å². The van der Waals surface area contributed by atoms with Crippen molar-refractivity contribution in [2.75, 3.05) is 0 Å². The van der Waals surface area contributed by atoms with Crippen LogP contribution < -0.4 is 10.4 Å². The molecule has 0 bridgehead atoms. The number of rotatable bonds is 10. The van der Waals surface area contributed by atoms with Crippen molar-refractivity contribution in [1.82, 2.24) is 0 Å². The second-order valence-electron chi connectivity index (χ2n) is 7.94. The molecule has 0 aliphatic rings. The van der Waals surface area contributed by atoms with Crippen molar-refractivity contribution < 1.29 is 13.3 Å². The molecular formula is C18H34O3Si6. The topological polar surface area (TPSA) is 27.7 Å². The van der Waals surface area contributed by atoms with Crippen molar-refractivity contribution in [3.05, 3.63) is 48.5 Å². The molecule has 2 rings (SSSR count). The summed E-state index contributed by atoms with van der Waals surface area (Å²) in [5.74, 6) is 0. The van der Waals surface area contributed by atoms with E-state index in [2.05, 4.69) is 87.8 Å². The van der Waals surface area contributed by atoms with E-state index in [0.717, 1.165) is 0 Å². The normalized spacial score (nSPS) is 14.8. The van der Waals surface area contributed by atoms with E-state index < -0.39 is 44.0 Å². The molecule has 2 unspecified atom stereocenters. The highest BCUT2D eigenvalue weighted by Crippen LogP contribution is 2.17. The molecule has 0 spiro atoms. The molecule has 0 aromatic heterocycles. The maximum absolute atomic E-state index is 6.25. The Balaban J connectivity index is 1.96. The summed E-state index contributed by atoms with van der Waals surface area (Å²) in [7, 11) is -4.50. The molecule has 3 nitrogen and oxygen atoms in total. The van der Waals surface area contributed by atoms with Gasteiger partial charge in [-0.05, 0) is 36.0 Å². The first-order valence-corrected chi connectivity index (χ1v) is 26.7. The van der Waals surface area contributed by atoms with Crippen molar-refractivity contribution in [3.8, 4) is 11.1 Å². The van der Waals surface area contributed by atoms with Gasteiger partial charge in [-0.1, -0.05) is 73.4 Å². The zero-order chi connectivity index (χ0) is 19.8. The zero-order valence-electron chi connectivity index (χ0n) is 17.6. The highest BCUT2D eigenvalue weighted by Gasteiger charge is 2.12. The lowest BCUT2D eigenvalue weighted by atomic mass is 10.1. The SMILES string of the molecule is C[SiH](C)OO[SiH2][SiH](C)c1ccc(-c2ccc([SiH](C)O[SiH2][SiH](C)C)cc2)cc1. The molecule has 2 aromatic rings. The molecule has 0 aliphatic heterocycles. The zero-order valence-corrected chi connectivity index (χ0v) is 25.0. The van der Waals surface area contributed by atoms with Gasteiger partial charge in [-0.3, -0.25) is 0 Å². The van der Waals surface area contributed by atoms with Gasteiger partial charge in [0.15, 0.2) is 18.3 Å². The average Bonchev–Trinajstić information content (AvgIpc) is 2.66. The van der Waals surface area contributed by atoms with Gasteiger partial charge in [0.05, 0.1) is 8.31 Å². The standard InChI is InChI=1S/C18H34O3Si6/c1-24(2)20-19-22-27(6)18-13-9-16(10-14-18)15-7-11-17(12-8-15)26(5)21-23-25(3)4/h7-14,24-27H,22-23H2,1-6H3. The van der Waals surface area contributed by atoms with Crippen LogP contribution in [0.3, 0.4) is 0 Å². The van der Waals surface area contributed by atoms with Crippen molar-refractivity contribution in [2.24, 2.45) is 0 Å². The van der Waals surface area contributed by atoms with E-state index in [-0.39, 0.29) is 9.28 Å². The van der Waals surface area contributed by atoms with E-state index >= 15 is 0 Å². The molecular weight excluding hydrogens is 433 g/mol. The van der Waals surface area contributed by atoms with Crippen LogP contribution in [-0.4, -0.2) is 53.3 Å². The van der Waals surface area contributed by atoms with Crippen LogP contribution in [0.1, 0.15) is 0 Å². The predicted octanol–water partition coefficient (Wildman–Crippen LogP) is 0.574. The summed E-state index contributed by atoms with van der Waals surface area (Å²) in [5.41, 5.74) is 2.58. The molecule has 0 aliphatic carbocycles. The third-order valence-corrected chi connectivity index (χ3v) is 19.4. The molecule has 0 amide bonds. The number of hydrogen-bond donors (Lipinski definition) is 0. The Kier molecular flexibility index (Phi) is 9.83. The molecule has 0 saturated carbocycles. The highest BCUT2D eigenvalue weighted by molar-refractivity contribution is 7.16. The monoisotopic (exact) mass is 466 g/mol. The highest BCUT2D eigenvalue weighted by atomic mass is 29.2. The molecule has 2 aromatic carbocycles. The van der Waals surface area contributed by atoms with Gasteiger partial charge in [0, 0.05) is 8.31 Å². The first-order valence-electron chi connectivity index (χ1n) is 9.97. The lowest BCUT2D eigenvalue weighted by molar-refractivity contribution is -0.100. The predicted molar refractivity (Wildman–Crippen MR) is 135 cm³/mol. The van der Waals surface area contributed by atoms with Crippen molar-refractivity contribution in [3.63, 3.8) is 0 Å². The summed E-state index contributed by atoms with van der Waals surface area (Å²) in [4.78, 5) is 0. The summed E-state index contributed by atoms with van der Waals surface area (Å²) >= 11 is 0. The fourth-order valence-corrected chi connectivity index (χ4v) is 18.4. The van der Waals surface area contributed by atoms with Gasteiger partial charge in [-0.15, -0.1) is 0 Å². The van der Waals surface area contributed by atoms with E-state index in [0.29, 0.717) is 0 Å². The molecule has 0 heterocycles. The van der Waals surface area contributed by atoms with Crippen LogP contribution in [0, 0.1) is 0 Å². The van der Waals surface area contributed by atoms with Crippen molar-refractivity contribution in [1.29, 1.82) is 0 Å². The molecule has 0 saturated heterocycles. The molecule has 0 radical (unpaired) electrons. The van der Waals surface area contributed by atoms with Crippen LogP contribution in [0.2, 0.25) is 39.3 Å². The first kappa shape index (κ1) is 22.9. The minimum atomic E-state index is -1.19. The van der Waals surface area contributed by atoms with Crippen LogP contribution >= 0.6 is 0 Å². The molecule has 0 fully saturated rings. The first-order chi connectivity index (χ1) is 12.9. The van der Waals surface area contributed by atoms with Crippen LogP contribution in [0.4, 0.5) is 0 Å². The second kappa shape index (κ2) is 11.6. The van der Waals surface area contributed by atoms with Gasteiger partial charge >= 0.3 is 0 Å². The largest absolute Gasteiger partial charge is 0.462 e. The Morgan fingerprint density at radius 1 is 0.667 bits per heavy atom. The summed E-state index contributed by atoms with van der Waals surface area (Å²) in [6.07, 6.45) is 0. The smallest absolute Gasteiger partial charge is 0.216 e. The Morgan fingerprint density at radius 3 is 1.67 bits per heavy atom. The minimum absolute atomic E-state index is 0.238. The molecule has 9 heteroatoms. The molecule has 2 atom stereocenters. The third-order valence-electron chi connectivity index (χ3n) is 4.45. The summed E-state index contributed by atoms with van der Waals surface area (Å²) in [6, 6.07) is 18.2. The van der Waals surface area contributed by atoms with Gasteiger partial charge < -0.3 is 13.3 Å². The molecule has 148 valence electrons. The summed E-state index contributed by atoms with van der Waals surface area (Å²) < 4.78 is 17.2. The van der Waals surface area contributed by atoms with Crippen molar-refractivity contribution in [2.45, 2.75) is 39.3 Å². The lowest BCUT2D eigenvalue weighted by Gasteiger charge is -2.14. The Morgan fingerprint density at radius 2 is 1.19 bits per heavy atom. The van der Waals surface area contributed by atoms with E-state index in [1.165, 1.54) is 21.5 Å². The van der Waals surface area contributed by atoms with Gasteiger partial charge in [-0.2, -0.15) is 0 Å². The quantitative estimate of drug-likeness (QED) is 0.291. The van der Waals surface area contributed by atoms with Crippen LogP contribution in [-0.2, 0) is 13.3 Å². The van der Waals surface area contributed by atoms with E-state index in [1.54, 1.807) is 0 Å². The Bertz CT molecular complexity index is 679. The van der Waals surface area contributed by atoms with E-state index in [1.807, 2.05) is 0 Å². The lowest BCUT2D eigenvalue weighted by Crippen LogP contribution is -2.35. The van der Waals surface area contributed by atoms with E-state index in [9.17, 15) is 0 Å². The maximum Gasteiger partial charge on any atom is 0.216 e. The molecule has 27 heavy (non-hydrogen) atoms. The van der Waals surface area contributed by atoms with Gasteiger partial charge in [0.2, 0.25) is 9.04 Å². The minimum Gasteiger partial charge on any atom is -0.462 e. The van der Waals surface area contributed by atoms with Gasteiger partial charge in [0.25, 0.3) is 0 Å². The number of hydrogen-bond acceptors (Lipinski definition) is 3. The molecule has 0 N–H and O–H groups in total. The van der Waals surface area contributed by atoms with Gasteiger partial charge in [-0.25, -0.2) is 0 Å². The van der Waals surface area contributed by atoms with Crippen LogP contribution in [0.25, 0.3) is 11.1 Å². The Hall–Kier alpha value is -0.379. The summed E-state index contributed by atoms with van der Waals surface area (Å²) in [5, 5.41) is 2.91. The van der Waals surface area contributed by atoms with Crippen molar-refractivity contribution >= 4 is 63.6 Å². The average molecular weight is 467 g/mol. The fraction of sp³-hybridized carbons (Fsp3) is 0.333. The summed E-state index contributed by atoms with van der Waals surface area (Å²) in [6.45, 7) is 13.8. The maximum atomic E-state index is 6.25. The third kappa shape index (κ3) is 7.87. The van der Waals surface area contributed by atoms with E-state index in [4.69, 9.17) is 13.3 Å². The van der Waals surface area contributed by atoms with Crippen LogP contribution in [0.5, 0.6) is 0 Å². The second-order valence-corrected chi connectivity index (χ2v) is 30.3. The number of benzene rings is 2.